The molecule has 0 saturated carbocycles. The Hall–Kier alpha value is -2.85. The summed E-state index contributed by atoms with van der Waals surface area (Å²) in [6.07, 6.45) is 0.624. The van der Waals surface area contributed by atoms with Gasteiger partial charge < -0.3 is 10.1 Å². The fourth-order valence-corrected chi connectivity index (χ4v) is 5.95. The van der Waals surface area contributed by atoms with Crippen molar-refractivity contribution in [1.29, 1.82) is 0 Å². The second-order valence-corrected chi connectivity index (χ2v) is 10.7. The van der Waals surface area contributed by atoms with Gasteiger partial charge >= 0.3 is 5.97 Å². The summed E-state index contributed by atoms with van der Waals surface area (Å²) < 4.78 is 33.2. The molecule has 2 heterocycles. The van der Waals surface area contributed by atoms with Crippen molar-refractivity contribution in [3.8, 4) is 0 Å². The quantitative estimate of drug-likeness (QED) is 0.431. The highest BCUT2D eigenvalue weighted by Crippen LogP contribution is 2.35. The number of hydrogen-bond donors (Lipinski definition) is 1. The van der Waals surface area contributed by atoms with Gasteiger partial charge in [-0.15, -0.1) is 0 Å². The van der Waals surface area contributed by atoms with Crippen LogP contribution in [-0.4, -0.2) is 37.9 Å². The number of fused-ring (bicyclic) bond motifs is 1. The summed E-state index contributed by atoms with van der Waals surface area (Å²) in [5.74, 6) is -1.54. The van der Waals surface area contributed by atoms with E-state index in [1.807, 2.05) is 12.1 Å². The van der Waals surface area contributed by atoms with Gasteiger partial charge in [-0.25, -0.2) is 18.2 Å². The maximum Gasteiger partial charge on any atom is 0.338 e. The molecule has 3 aromatic rings. The molecule has 0 unspecified atom stereocenters. The Morgan fingerprint density at radius 1 is 1.09 bits per heavy atom. The summed E-state index contributed by atoms with van der Waals surface area (Å²) in [4.78, 5) is 28.8. The van der Waals surface area contributed by atoms with Gasteiger partial charge in [-0.3, -0.25) is 9.10 Å². The van der Waals surface area contributed by atoms with Gasteiger partial charge in [-0.1, -0.05) is 53.0 Å². The van der Waals surface area contributed by atoms with E-state index in [0.29, 0.717) is 17.1 Å². The van der Waals surface area contributed by atoms with Crippen LogP contribution in [0.25, 0.3) is 0 Å². The molecule has 182 valence electrons. The minimum atomic E-state index is -4.05. The Bertz CT molecular complexity index is 1430. The minimum absolute atomic E-state index is 0.0415. The number of carbonyl (C=O) groups excluding carboxylic acids is 2. The summed E-state index contributed by atoms with van der Waals surface area (Å²) in [6, 6.07) is 12.3. The lowest BCUT2D eigenvalue weighted by atomic mass is 10.2. The fraction of sp³-hybridized carbons (Fsp3) is 0.174. The van der Waals surface area contributed by atoms with E-state index in [1.54, 1.807) is 12.1 Å². The van der Waals surface area contributed by atoms with Crippen molar-refractivity contribution in [3.63, 3.8) is 0 Å². The van der Waals surface area contributed by atoms with Gasteiger partial charge in [0, 0.05) is 12.7 Å². The second kappa shape index (κ2) is 10.0. The first-order chi connectivity index (χ1) is 16.6. The van der Waals surface area contributed by atoms with Gasteiger partial charge in [0.15, 0.2) is 11.9 Å². The van der Waals surface area contributed by atoms with Crippen molar-refractivity contribution in [2.75, 3.05) is 16.2 Å². The molecule has 0 saturated heterocycles. The van der Waals surface area contributed by atoms with E-state index < -0.39 is 28.0 Å². The van der Waals surface area contributed by atoms with Crippen LogP contribution in [-0.2, 0) is 26.0 Å². The van der Waals surface area contributed by atoms with Crippen LogP contribution in [0.1, 0.15) is 22.8 Å². The molecule has 0 spiro atoms. The molecule has 35 heavy (non-hydrogen) atoms. The third-order valence-corrected chi connectivity index (χ3v) is 8.07. The molecule has 0 aliphatic carbocycles. The number of pyridine rings is 1. The number of amides is 1. The first-order valence-electron chi connectivity index (χ1n) is 10.3. The molecule has 1 aliphatic heterocycles. The van der Waals surface area contributed by atoms with Crippen LogP contribution >= 0.6 is 34.8 Å². The predicted octanol–water partition coefficient (Wildman–Crippen LogP) is 4.98. The molecule has 0 fully saturated rings. The molecular weight excluding hydrogens is 537 g/mol. The van der Waals surface area contributed by atoms with Crippen LogP contribution < -0.4 is 9.62 Å². The van der Waals surface area contributed by atoms with Gasteiger partial charge in [-0.2, -0.15) is 0 Å². The molecule has 2 aromatic carbocycles. The van der Waals surface area contributed by atoms with Crippen LogP contribution in [0, 0.1) is 0 Å². The van der Waals surface area contributed by atoms with E-state index in [4.69, 9.17) is 39.5 Å². The van der Waals surface area contributed by atoms with Gasteiger partial charge in [0.2, 0.25) is 0 Å². The summed E-state index contributed by atoms with van der Waals surface area (Å²) in [5.41, 5.74) is 1.39. The van der Waals surface area contributed by atoms with Gasteiger partial charge in [0.1, 0.15) is 4.90 Å². The number of aromatic nitrogens is 1. The van der Waals surface area contributed by atoms with Crippen molar-refractivity contribution >= 4 is 68.2 Å². The number of benzene rings is 2. The maximum absolute atomic E-state index is 13.4. The van der Waals surface area contributed by atoms with Crippen LogP contribution in [0.5, 0.6) is 0 Å². The lowest BCUT2D eigenvalue weighted by Crippen LogP contribution is -2.31. The number of esters is 1. The lowest BCUT2D eigenvalue weighted by molar-refractivity contribution is -0.123. The number of ether oxygens (including phenoxy) is 1. The van der Waals surface area contributed by atoms with Crippen LogP contribution in [0.4, 0.5) is 11.5 Å². The number of sulfonamides is 1. The molecular formula is C23H18Cl3N3O5S. The minimum Gasteiger partial charge on any atom is -0.449 e. The summed E-state index contributed by atoms with van der Waals surface area (Å²) in [7, 11) is -4.05. The third kappa shape index (κ3) is 5.23. The van der Waals surface area contributed by atoms with E-state index in [2.05, 4.69) is 10.3 Å². The maximum atomic E-state index is 13.4. The Balaban J connectivity index is 1.52. The monoisotopic (exact) mass is 553 g/mol. The average Bonchev–Trinajstić information content (AvgIpc) is 3.26. The van der Waals surface area contributed by atoms with E-state index >= 15 is 0 Å². The topological polar surface area (TPSA) is 106 Å². The smallest absolute Gasteiger partial charge is 0.338 e. The highest BCUT2D eigenvalue weighted by Gasteiger charge is 2.33. The zero-order valence-electron chi connectivity index (χ0n) is 18.2. The van der Waals surface area contributed by atoms with Crippen LogP contribution in [0.15, 0.2) is 59.6 Å². The number of halogens is 3. The van der Waals surface area contributed by atoms with E-state index in [-0.39, 0.29) is 32.9 Å². The SMILES string of the molecule is C[C@H](OC(=O)c1ccc(Cl)c(S(=O)(=O)N2CCc3ccccc32)c1)C(=O)Nc1ncc(Cl)cc1Cl. The molecule has 1 aromatic heterocycles. The molecule has 0 bridgehead atoms. The number of anilines is 2. The second-order valence-electron chi connectivity index (χ2n) is 7.62. The summed E-state index contributed by atoms with van der Waals surface area (Å²) >= 11 is 18.0. The highest BCUT2D eigenvalue weighted by atomic mass is 35.5. The fourth-order valence-electron chi connectivity index (χ4n) is 3.51. The number of hydrogen-bond acceptors (Lipinski definition) is 6. The number of para-hydroxylation sites is 1. The zero-order chi connectivity index (χ0) is 25.3. The van der Waals surface area contributed by atoms with Crippen molar-refractivity contribution in [2.45, 2.75) is 24.3 Å². The molecule has 0 radical (unpaired) electrons. The molecule has 4 rings (SSSR count). The Morgan fingerprint density at radius 3 is 2.57 bits per heavy atom. The van der Waals surface area contributed by atoms with Crippen molar-refractivity contribution in [2.24, 2.45) is 0 Å². The molecule has 1 atom stereocenters. The van der Waals surface area contributed by atoms with Crippen LogP contribution in [0.2, 0.25) is 15.1 Å². The highest BCUT2D eigenvalue weighted by molar-refractivity contribution is 7.93. The predicted molar refractivity (Wildman–Crippen MR) is 134 cm³/mol. The normalized spacial score (nSPS) is 13.8. The van der Waals surface area contributed by atoms with Crippen molar-refractivity contribution < 1.29 is 22.7 Å². The number of nitrogens with one attached hydrogen (secondary N) is 1. The van der Waals surface area contributed by atoms with Crippen molar-refractivity contribution in [1.82, 2.24) is 4.98 Å². The molecule has 1 N–H and O–H groups in total. The standard InChI is InChI=1S/C23H18Cl3N3O5S/c1-13(22(30)28-21-18(26)11-16(24)12-27-21)34-23(31)15-6-7-17(25)20(10-15)35(32,33)29-9-8-14-4-2-3-5-19(14)29/h2-7,10-13H,8-9H2,1H3,(H,27,28,30)/t13-/m0/s1. The first-order valence-corrected chi connectivity index (χ1v) is 12.9. The lowest BCUT2D eigenvalue weighted by Gasteiger charge is -2.21. The van der Waals surface area contributed by atoms with Gasteiger partial charge in [-0.05, 0) is 49.2 Å². The Labute approximate surface area is 216 Å². The van der Waals surface area contributed by atoms with Crippen molar-refractivity contribution in [3.05, 3.63) is 80.9 Å². The zero-order valence-corrected chi connectivity index (χ0v) is 21.2. The van der Waals surface area contributed by atoms with E-state index in [0.717, 1.165) is 11.6 Å². The Kier molecular flexibility index (Phi) is 7.23. The average molecular weight is 555 g/mol. The van der Waals surface area contributed by atoms with Gasteiger partial charge in [0.05, 0.1) is 26.3 Å². The van der Waals surface area contributed by atoms with E-state index in [9.17, 15) is 18.0 Å². The largest absolute Gasteiger partial charge is 0.449 e. The van der Waals surface area contributed by atoms with Crippen LogP contribution in [0.3, 0.4) is 0 Å². The van der Waals surface area contributed by atoms with Gasteiger partial charge in [0.25, 0.3) is 15.9 Å². The van der Waals surface area contributed by atoms with E-state index in [1.165, 1.54) is 35.6 Å². The first kappa shape index (κ1) is 25.2. The number of carbonyl (C=O) groups is 2. The molecule has 8 nitrogen and oxygen atoms in total. The molecule has 12 heteroatoms. The number of nitrogens with zero attached hydrogens (tertiary/aromatic N) is 2. The molecule has 1 amide bonds. The summed E-state index contributed by atoms with van der Waals surface area (Å²) in [6.45, 7) is 1.61. The molecule has 1 aliphatic rings. The third-order valence-electron chi connectivity index (χ3n) is 5.28. The number of rotatable bonds is 6. The Morgan fingerprint density at radius 2 is 1.83 bits per heavy atom. The summed E-state index contributed by atoms with van der Waals surface area (Å²) in [5, 5.41) is 2.80.